The number of aryl methyl sites for hydroxylation is 1. The number of hydrogen-bond donors (Lipinski definition) is 0. The number of carbonyl (C=O) groups is 1. The van der Waals surface area contributed by atoms with Crippen molar-refractivity contribution in [3.63, 3.8) is 0 Å². The van der Waals surface area contributed by atoms with Gasteiger partial charge >= 0.3 is 0 Å². The zero-order valence-electron chi connectivity index (χ0n) is 17.3. The van der Waals surface area contributed by atoms with Gasteiger partial charge in [-0.3, -0.25) is 4.79 Å². The van der Waals surface area contributed by atoms with Gasteiger partial charge in [-0.15, -0.1) is 0 Å². The van der Waals surface area contributed by atoms with E-state index in [4.69, 9.17) is 0 Å². The fraction of sp³-hybridized carbons (Fsp3) is 0.364. The molecule has 1 amide bonds. The number of aliphatic imine (C=N–C) groups is 1. The van der Waals surface area contributed by atoms with Gasteiger partial charge in [-0.25, -0.2) is 8.42 Å². The topological polar surface area (TPSA) is 70.0 Å². The van der Waals surface area contributed by atoms with E-state index in [1.54, 1.807) is 0 Å². The average Bonchev–Trinajstić information content (AvgIpc) is 3.12. The third-order valence-electron chi connectivity index (χ3n) is 5.37. The summed E-state index contributed by atoms with van der Waals surface area (Å²) in [6.45, 7) is 1.99. The number of anilines is 2. The second-order valence-electron chi connectivity index (χ2n) is 8.04. The molecule has 6 nitrogen and oxygen atoms in total. The first kappa shape index (κ1) is 20.9. The molecule has 4 rings (SSSR count). The Morgan fingerprint density at radius 2 is 1.90 bits per heavy atom. The van der Waals surface area contributed by atoms with Crippen molar-refractivity contribution in [2.45, 2.75) is 24.6 Å². The molecule has 0 spiro atoms. The lowest BCUT2D eigenvalue weighted by Gasteiger charge is -2.25. The van der Waals surface area contributed by atoms with Crippen LogP contribution in [-0.4, -0.2) is 56.4 Å². The Bertz CT molecular complexity index is 1090. The maximum Gasteiger partial charge on any atom is 0.252 e. The van der Waals surface area contributed by atoms with Crippen LogP contribution in [0.5, 0.6) is 0 Å². The van der Waals surface area contributed by atoms with E-state index in [1.165, 1.54) is 11.8 Å². The number of hydrogen-bond acceptors (Lipinski definition) is 5. The molecule has 2 saturated heterocycles. The molecule has 158 valence electrons. The van der Waals surface area contributed by atoms with Crippen LogP contribution in [-0.2, 0) is 21.1 Å². The van der Waals surface area contributed by atoms with Gasteiger partial charge < -0.3 is 9.80 Å². The highest BCUT2D eigenvalue weighted by Gasteiger charge is 2.49. The standard InChI is InChI=1S/C22H25N3O3S2/c1-15-5-4-6-16(11-15)12-21(26)23-22-25(18-9-7-17(8-10-18)24(2)3)19-13-30(27,28)14-20(19)29-22/h4-11,19-20H,12-14H2,1-3H3/t19-,20-/m1/s1. The number of fused-ring (bicyclic) bond motifs is 1. The van der Waals surface area contributed by atoms with E-state index in [9.17, 15) is 13.2 Å². The van der Waals surface area contributed by atoms with Crippen molar-refractivity contribution in [2.75, 3.05) is 35.4 Å². The molecule has 0 aliphatic carbocycles. The quantitative estimate of drug-likeness (QED) is 0.724. The molecule has 0 unspecified atom stereocenters. The number of rotatable bonds is 4. The molecule has 8 heteroatoms. The molecule has 0 radical (unpaired) electrons. The van der Waals surface area contributed by atoms with Crippen molar-refractivity contribution >= 4 is 44.0 Å². The van der Waals surface area contributed by atoms with Crippen LogP contribution in [0.3, 0.4) is 0 Å². The summed E-state index contributed by atoms with van der Waals surface area (Å²) in [5.41, 5.74) is 3.94. The van der Waals surface area contributed by atoms with Gasteiger partial charge in [0.1, 0.15) is 0 Å². The minimum atomic E-state index is -3.08. The van der Waals surface area contributed by atoms with E-state index in [-0.39, 0.29) is 35.1 Å². The van der Waals surface area contributed by atoms with E-state index < -0.39 is 9.84 Å². The van der Waals surface area contributed by atoms with Gasteiger partial charge in [0.25, 0.3) is 5.91 Å². The molecule has 2 aromatic rings. The smallest absolute Gasteiger partial charge is 0.252 e. The first-order chi connectivity index (χ1) is 14.2. The Labute approximate surface area is 181 Å². The Morgan fingerprint density at radius 1 is 1.17 bits per heavy atom. The monoisotopic (exact) mass is 443 g/mol. The fourth-order valence-electron chi connectivity index (χ4n) is 3.92. The third-order valence-corrected chi connectivity index (χ3v) is 8.58. The zero-order chi connectivity index (χ0) is 21.5. The van der Waals surface area contributed by atoms with Gasteiger partial charge in [-0.1, -0.05) is 41.6 Å². The normalized spacial score (nSPS) is 23.6. The molecule has 0 N–H and O–H groups in total. The second-order valence-corrected chi connectivity index (χ2v) is 11.4. The third kappa shape index (κ3) is 4.39. The van der Waals surface area contributed by atoms with E-state index in [0.717, 1.165) is 22.5 Å². The Hall–Kier alpha value is -2.32. The van der Waals surface area contributed by atoms with E-state index in [2.05, 4.69) is 4.99 Å². The summed E-state index contributed by atoms with van der Waals surface area (Å²) >= 11 is 1.40. The lowest BCUT2D eigenvalue weighted by molar-refractivity contribution is -0.117. The molecule has 2 aromatic carbocycles. The Morgan fingerprint density at radius 3 is 2.57 bits per heavy atom. The van der Waals surface area contributed by atoms with Crippen LogP contribution < -0.4 is 9.80 Å². The lowest BCUT2D eigenvalue weighted by atomic mass is 10.1. The molecule has 0 bridgehead atoms. The molecule has 0 aromatic heterocycles. The predicted octanol–water partition coefficient (Wildman–Crippen LogP) is 2.91. The van der Waals surface area contributed by atoms with E-state index in [0.29, 0.717) is 5.17 Å². The van der Waals surface area contributed by atoms with Crippen LogP contribution in [0.15, 0.2) is 53.5 Å². The number of thioether (sulfide) groups is 1. The fourth-order valence-corrected chi connectivity index (χ4v) is 7.85. The second kappa shape index (κ2) is 8.07. The Kier molecular flexibility index (Phi) is 5.63. The highest BCUT2D eigenvalue weighted by molar-refractivity contribution is 8.16. The summed E-state index contributed by atoms with van der Waals surface area (Å²) in [7, 11) is 0.855. The van der Waals surface area contributed by atoms with Gasteiger partial charge in [0.15, 0.2) is 15.0 Å². The average molecular weight is 444 g/mol. The number of sulfone groups is 1. The van der Waals surface area contributed by atoms with Crippen LogP contribution >= 0.6 is 11.8 Å². The van der Waals surface area contributed by atoms with Crippen LogP contribution in [0, 0.1) is 6.92 Å². The van der Waals surface area contributed by atoms with E-state index in [1.807, 2.05) is 79.3 Å². The predicted molar refractivity (Wildman–Crippen MR) is 124 cm³/mol. The van der Waals surface area contributed by atoms with E-state index >= 15 is 0 Å². The molecular weight excluding hydrogens is 418 g/mol. The summed E-state index contributed by atoms with van der Waals surface area (Å²) in [6.07, 6.45) is 0.229. The molecule has 2 fully saturated rings. The number of amides is 1. The summed E-state index contributed by atoms with van der Waals surface area (Å²) in [5, 5.41) is 0.490. The number of amidine groups is 1. The first-order valence-corrected chi connectivity index (χ1v) is 12.5. The van der Waals surface area contributed by atoms with Crippen LogP contribution in [0.25, 0.3) is 0 Å². The maximum atomic E-state index is 12.7. The zero-order valence-corrected chi connectivity index (χ0v) is 18.9. The van der Waals surface area contributed by atoms with Gasteiger partial charge in [0.05, 0.1) is 24.0 Å². The van der Waals surface area contributed by atoms with Gasteiger partial charge in [0.2, 0.25) is 0 Å². The molecule has 2 aliphatic heterocycles. The Balaban J connectivity index is 1.63. The van der Waals surface area contributed by atoms with Crippen molar-refractivity contribution in [3.8, 4) is 0 Å². The van der Waals surface area contributed by atoms with Gasteiger partial charge in [-0.05, 0) is 36.8 Å². The van der Waals surface area contributed by atoms with Gasteiger partial charge in [0, 0.05) is 30.7 Å². The van der Waals surface area contributed by atoms with Crippen molar-refractivity contribution < 1.29 is 13.2 Å². The SMILES string of the molecule is Cc1cccc(CC(=O)N=C2S[C@@H]3CS(=O)(=O)C[C@H]3N2c2ccc(N(C)C)cc2)c1. The van der Waals surface area contributed by atoms with Crippen LogP contribution in [0.2, 0.25) is 0 Å². The summed E-state index contributed by atoms with van der Waals surface area (Å²) < 4.78 is 24.4. The molecule has 2 atom stereocenters. The van der Waals surface area contributed by atoms with Crippen molar-refractivity contribution in [1.82, 2.24) is 0 Å². The largest absolute Gasteiger partial charge is 0.378 e. The minimum Gasteiger partial charge on any atom is -0.378 e. The van der Waals surface area contributed by atoms with Crippen molar-refractivity contribution in [2.24, 2.45) is 4.99 Å². The molecule has 2 heterocycles. The number of nitrogens with zero attached hydrogens (tertiary/aromatic N) is 3. The number of carbonyl (C=O) groups excluding carboxylic acids is 1. The molecule has 30 heavy (non-hydrogen) atoms. The van der Waals surface area contributed by atoms with Crippen LogP contribution in [0.4, 0.5) is 11.4 Å². The lowest BCUT2D eigenvalue weighted by Crippen LogP contribution is -2.37. The van der Waals surface area contributed by atoms with Crippen molar-refractivity contribution in [1.29, 1.82) is 0 Å². The number of benzene rings is 2. The molecule has 2 aliphatic rings. The molecule has 0 saturated carbocycles. The van der Waals surface area contributed by atoms with Crippen LogP contribution in [0.1, 0.15) is 11.1 Å². The van der Waals surface area contributed by atoms with Crippen molar-refractivity contribution in [3.05, 3.63) is 59.7 Å². The maximum absolute atomic E-state index is 12.7. The minimum absolute atomic E-state index is 0.0885. The summed E-state index contributed by atoms with van der Waals surface area (Å²) in [4.78, 5) is 21.0. The highest BCUT2D eigenvalue weighted by Crippen LogP contribution is 2.41. The first-order valence-electron chi connectivity index (χ1n) is 9.82. The highest BCUT2D eigenvalue weighted by atomic mass is 32.2. The summed E-state index contributed by atoms with van der Waals surface area (Å²) in [5.74, 6) is -0.00825. The van der Waals surface area contributed by atoms with Gasteiger partial charge in [-0.2, -0.15) is 4.99 Å². The molecular formula is C22H25N3O3S2. The summed E-state index contributed by atoms with van der Waals surface area (Å²) in [6, 6.07) is 15.5.